The Kier molecular flexibility index (Phi) is 2.64. The third-order valence-electron chi connectivity index (χ3n) is 2.83. The first-order valence-corrected chi connectivity index (χ1v) is 5.19. The van der Waals surface area contributed by atoms with Crippen molar-refractivity contribution < 1.29 is 14.7 Å². The first kappa shape index (κ1) is 10.7. The number of carboxylic acids is 1. The molecule has 1 aliphatic heterocycles. The summed E-state index contributed by atoms with van der Waals surface area (Å²) in [4.78, 5) is 22.3. The summed E-state index contributed by atoms with van der Waals surface area (Å²) in [5.41, 5.74) is 2.70. The van der Waals surface area contributed by atoms with Gasteiger partial charge in [-0.25, -0.2) is 0 Å². The number of hydrogen-bond donors (Lipinski definition) is 2. The van der Waals surface area contributed by atoms with Gasteiger partial charge < -0.3 is 10.4 Å². The second-order valence-electron chi connectivity index (χ2n) is 3.98. The van der Waals surface area contributed by atoms with Gasteiger partial charge in [0.1, 0.15) is 11.7 Å². The minimum Gasteiger partial charge on any atom is -0.480 e. The predicted molar refractivity (Wildman–Crippen MR) is 59.7 cm³/mol. The Morgan fingerprint density at radius 3 is 2.81 bits per heavy atom. The number of carboxylic acid groups (broad SMARTS) is 1. The fraction of sp³-hybridized carbons (Fsp3) is 0.333. The molecule has 0 radical (unpaired) electrons. The summed E-state index contributed by atoms with van der Waals surface area (Å²) < 4.78 is 0. The standard InChI is InChI=1S/C12H13NO3/c1-7(14)11(12(15)16)9-2-3-10-8(6-9)4-5-13-10/h2-3,6,11,13H,4-5H2,1H3,(H,15,16). The zero-order valence-corrected chi connectivity index (χ0v) is 8.99. The highest BCUT2D eigenvalue weighted by Gasteiger charge is 2.25. The van der Waals surface area contributed by atoms with Crippen LogP contribution in [0.2, 0.25) is 0 Å². The molecule has 16 heavy (non-hydrogen) atoms. The van der Waals surface area contributed by atoms with Crippen LogP contribution in [0.1, 0.15) is 24.0 Å². The van der Waals surface area contributed by atoms with Crippen molar-refractivity contribution in [3.8, 4) is 0 Å². The minimum atomic E-state index is -1.08. The SMILES string of the molecule is CC(=O)C(C(=O)O)c1ccc2c(c1)CCN2. The summed E-state index contributed by atoms with van der Waals surface area (Å²) in [6.07, 6.45) is 0.882. The molecule has 0 aromatic heterocycles. The summed E-state index contributed by atoms with van der Waals surface area (Å²) in [5, 5.41) is 12.2. The number of carbonyl (C=O) groups excluding carboxylic acids is 1. The molecule has 0 saturated carbocycles. The van der Waals surface area contributed by atoms with Gasteiger partial charge in [-0.3, -0.25) is 9.59 Å². The van der Waals surface area contributed by atoms with E-state index in [2.05, 4.69) is 5.32 Å². The third-order valence-corrected chi connectivity index (χ3v) is 2.83. The van der Waals surface area contributed by atoms with E-state index in [0.29, 0.717) is 5.56 Å². The Balaban J connectivity index is 2.39. The number of carbonyl (C=O) groups is 2. The second kappa shape index (κ2) is 3.96. The van der Waals surface area contributed by atoms with Crippen LogP contribution in [0.25, 0.3) is 0 Å². The number of rotatable bonds is 3. The summed E-state index contributed by atoms with van der Waals surface area (Å²) >= 11 is 0. The van der Waals surface area contributed by atoms with Gasteiger partial charge in [0.15, 0.2) is 0 Å². The first-order chi connectivity index (χ1) is 7.59. The second-order valence-corrected chi connectivity index (χ2v) is 3.98. The molecule has 84 valence electrons. The van der Waals surface area contributed by atoms with E-state index >= 15 is 0 Å². The third kappa shape index (κ3) is 1.78. The van der Waals surface area contributed by atoms with Gasteiger partial charge in [-0.15, -0.1) is 0 Å². The fourth-order valence-electron chi connectivity index (χ4n) is 2.06. The largest absolute Gasteiger partial charge is 0.480 e. The zero-order chi connectivity index (χ0) is 11.7. The van der Waals surface area contributed by atoms with E-state index in [4.69, 9.17) is 5.11 Å². The average Bonchev–Trinajstić information content (AvgIpc) is 2.63. The van der Waals surface area contributed by atoms with Gasteiger partial charge in [0.25, 0.3) is 0 Å². The number of hydrogen-bond acceptors (Lipinski definition) is 3. The van der Waals surface area contributed by atoms with Gasteiger partial charge in [-0.1, -0.05) is 12.1 Å². The van der Waals surface area contributed by atoms with Gasteiger partial charge in [0.2, 0.25) is 0 Å². The van der Waals surface area contributed by atoms with Crippen LogP contribution in [0.15, 0.2) is 18.2 Å². The number of ketones is 1. The van der Waals surface area contributed by atoms with E-state index in [9.17, 15) is 9.59 Å². The van der Waals surface area contributed by atoms with Crippen molar-refractivity contribution in [3.63, 3.8) is 0 Å². The molecule has 1 unspecified atom stereocenters. The lowest BCUT2D eigenvalue weighted by atomic mass is 9.93. The molecule has 1 heterocycles. The van der Waals surface area contributed by atoms with E-state index in [1.807, 2.05) is 12.1 Å². The molecule has 4 nitrogen and oxygen atoms in total. The normalized spacial score (nSPS) is 15.1. The number of nitrogens with one attached hydrogen (secondary N) is 1. The molecule has 0 fully saturated rings. The molecule has 4 heteroatoms. The zero-order valence-electron chi connectivity index (χ0n) is 8.99. The van der Waals surface area contributed by atoms with Gasteiger partial charge in [0.05, 0.1) is 0 Å². The molecule has 1 atom stereocenters. The van der Waals surface area contributed by atoms with Crippen LogP contribution in [0.4, 0.5) is 5.69 Å². The van der Waals surface area contributed by atoms with Gasteiger partial charge >= 0.3 is 5.97 Å². The van der Waals surface area contributed by atoms with Crippen LogP contribution < -0.4 is 5.32 Å². The molecule has 0 spiro atoms. The number of aliphatic carboxylic acids is 1. The lowest BCUT2D eigenvalue weighted by Gasteiger charge is -2.10. The Labute approximate surface area is 93.3 Å². The van der Waals surface area contributed by atoms with Gasteiger partial charge in [-0.2, -0.15) is 0 Å². The lowest BCUT2D eigenvalue weighted by Crippen LogP contribution is -2.19. The number of fused-ring (bicyclic) bond motifs is 1. The van der Waals surface area contributed by atoms with Crippen LogP contribution in [-0.2, 0) is 16.0 Å². The summed E-state index contributed by atoms with van der Waals surface area (Å²) in [7, 11) is 0. The van der Waals surface area contributed by atoms with Crippen LogP contribution in [0.5, 0.6) is 0 Å². The number of benzene rings is 1. The van der Waals surface area contributed by atoms with E-state index in [1.165, 1.54) is 6.92 Å². The van der Waals surface area contributed by atoms with Crippen molar-refractivity contribution in [1.82, 2.24) is 0 Å². The van der Waals surface area contributed by atoms with E-state index in [1.54, 1.807) is 6.07 Å². The van der Waals surface area contributed by atoms with Crippen LogP contribution in [0.3, 0.4) is 0 Å². The highest BCUT2D eigenvalue weighted by molar-refractivity contribution is 6.02. The molecular formula is C12H13NO3. The molecule has 1 aromatic rings. The smallest absolute Gasteiger partial charge is 0.318 e. The Morgan fingerprint density at radius 1 is 1.44 bits per heavy atom. The molecule has 0 aliphatic carbocycles. The van der Waals surface area contributed by atoms with Crippen LogP contribution >= 0.6 is 0 Å². The van der Waals surface area contributed by atoms with Crippen LogP contribution in [-0.4, -0.2) is 23.4 Å². The molecule has 0 saturated heterocycles. The van der Waals surface area contributed by atoms with Gasteiger partial charge in [-0.05, 0) is 30.5 Å². The number of anilines is 1. The summed E-state index contributed by atoms with van der Waals surface area (Å²) in [6.45, 7) is 2.18. The van der Waals surface area contributed by atoms with Crippen molar-refractivity contribution in [2.45, 2.75) is 19.3 Å². The molecule has 2 N–H and O–H groups in total. The van der Waals surface area contributed by atoms with Crippen LogP contribution in [0, 0.1) is 0 Å². The molecular weight excluding hydrogens is 206 g/mol. The van der Waals surface area contributed by atoms with Crippen molar-refractivity contribution in [2.24, 2.45) is 0 Å². The fourth-order valence-corrected chi connectivity index (χ4v) is 2.06. The molecule has 0 amide bonds. The average molecular weight is 219 g/mol. The minimum absolute atomic E-state index is 0.335. The number of Topliss-reactive ketones (excluding diaryl/α,β-unsaturated/α-hetero) is 1. The van der Waals surface area contributed by atoms with E-state index < -0.39 is 11.9 Å². The summed E-state index contributed by atoms with van der Waals surface area (Å²) in [6, 6.07) is 5.36. The van der Waals surface area contributed by atoms with E-state index in [-0.39, 0.29) is 5.78 Å². The summed E-state index contributed by atoms with van der Waals surface area (Å²) in [5.74, 6) is -2.46. The monoisotopic (exact) mass is 219 g/mol. The topological polar surface area (TPSA) is 66.4 Å². The lowest BCUT2D eigenvalue weighted by molar-refractivity contribution is -0.142. The molecule has 1 aliphatic rings. The highest BCUT2D eigenvalue weighted by atomic mass is 16.4. The first-order valence-electron chi connectivity index (χ1n) is 5.19. The van der Waals surface area contributed by atoms with Crippen molar-refractivity contribution in [2.75, 3.05) is 11.9 Å². The molecule has 2 rings (SSSR count). The Morgan fingerprint density at radius 2 is 2.19 bits per heavy atom. The predicted octanol–water partition coefficient (Wildman–Crippen LogP) is 1.41. The van der Waals surface area contributed by atoms with Crippen molar-refractivity contribution in [3.05, 3.63) is 29.3 Å². The van der Waals surface area contributed by atoms with Crippen molar-refractivity contribution in [1.29, 1.82) is 0 Å². The maximum atomic E-state index is 11.3. The maximum Gasteiger partial charge on any atom is 0.318 e. The Bertz CT molecular complexity index is 440. The van der Waals surface area contributed by atoms with Crippen molar-refractivity contribution >= 4 is 17.4 Å². The maximum absolute atomic E-state index is 11.3. The quantitative estimate of drug-likeness (QED) is 0.754. The molecule has 0 bridgehead atoms. The Hall–Kier alpha value is -1.84. The highest BCUT2D eigenvalue weighted by Crippen LogP contribution is 2.27. The van der Waals surface area contributed by atoms with E-state index in [0.717, 1.165) is 24.2 Å². The van der Waals surface area contributed by atoms with Gasteiger partial charge in [0, 0.05) is 12.2 Å². The molecule has 1 aromatic carbocycles.